The van der Waals surface area contributed by atoms with Crippen LogP contribution in [0.15, 0.2) is 54.7 Å². The number of anilines is 1. The summed E-state index contributed by atoms with van der Waals surface area (Å²) in [4.78, 5) is 7.07. The zero-order valence-electron chi connectivity index (χ0n) is 13.1. The SMILES string of the molecule is Cc1ccc(-c2c(C)sc3nc(-c4ccc(N)cc4)cn23)cc1. The van der Waals surface area contributed by atoms with E-state index in [2.05, 4.69) is 48.7 Å². The van der Waals surface area contributed by atoms with Crippen LogP contribution in [0.5, 0.6) is 0 Å². The minimum atomic E-state index is 0.769. The zero-order valence-corrected chi connectivity index (χ0v) is 13.9. The van der Waals surface area contributed by atoms with Crippen molar-refractivity contribution in [1.29, 1.82) is 0 Å². The largest absolute Gasteiger partial charge is 0.399 e. The Labute approximate surface area is 139 Å². The van der Waals surface area contributed by atoms with Gasteiger partial charge in [0.25, 0.3) is 0 Å². The molecule has 0 unspecified atom stereocenters. The first-order chi connectivity index (χ1) is 11.1. The van der Waals surface area contributed by atoms with E-state index in [1.807, 2.05) is 24.3 Å². The Hall–Kier alpha value is -2.59. The van der Waals surface area contributed by atoms with Crippen molar-refractivity contribution in [3.05, 3.63) is 65.2 Å². The number of nitrogen functional groups attached to an aromatic ring is 1. The molecule has 2 aromatic heterocycles. The lowest BCUT2D eigenvalue weighted by molar-refractivity contribution is 1.22. The van der Waals surface area contributed by atoms with Crippen LogP contribution in [-0.2, 0) is 0 Å². The molecule has 0 saturated heterocycles. The van der Waals surface area contributed by atoms with E-state index in [1.165, 1.54) is 21.7 Å². The van der Waals surface area contributed by atoms with Gasteiger partial charge in [-0.05, 0) is 31.5 Å². The third kappa shape index (κ3) is 2.41. The number of thiazole rings is 1. The number of fused-ring (bicyclic) bond motifs is 1. The quantitative estimate of drug-likeness (QED) is 0.532. The topological polar surface area (TPSA) is 43.3 Å². The Morgan fingerprint density at radius 2 is 1.57 bits per heavy atom. The lowest BCUT2D eigenvalue weighted by Crippen LogP contribution is -1.87. The summed E-state index contributed by atoms with van der Waals surface area (Å²) < 4.78 is 2.19. The van der Waals surface area contributed by atoms with Gasteiger partial charge in [0.15, 0.2) is 4.96 Å². The van der Waals surface area contributed by atoms with Crippen LogP contribution >= 0.6 is 11.3 Å². The van der Waals surface area contributed by atoms with Gasteiger partial charge in [0.1, 0.15) is 0 Å². The standard InChI is InChI=1S/C19H17N3S/c1-12-3-5-15(6-4-12)18-13(2)23-19-21-17(11-22(18)19)14-7-9-16(20)10-8-14/h3-11H,20H2,1-2H3. The number of aryl methyl sites for hydroxylation is 2. The lowest BCUT2D eigenvalue weighted by atomic mass is 10.1. The van der Waals surface area contributed by atoms with E-state index in [0.29, 0.717) is 0 Å². The van der Waals surface area contributed by atoms with Crippen LogP contribution in [0.25, 0.3) is 27.5 Å². The number of benzene rings is 2. The number of hydrogen-bond acceptors (Lipinski definition) is 3. The minimum Gasteiger partial charge on any atom is -0.399 e. The number of aromatic nitrogens is 2. The molecule has 0 radical (unpaired) electrons. The summed E-state index contributed by atoms with van der Waals surface area (Å²) in [5, 5.41) is 0. The normalized spacial score (nSPS) is 11.2. The van der Waals surface area contributed by atoms with Crippen molar-refractivity contribution in [1.82, 2.24) is 9.38 Å². The molecule has 0 fully saturated rings. The van der Waals surface area contributed by atoms with Crippen LogP contribution in [0.2, 0.25) is 0 Å². The average molecular weight is 319 g/mol. The van der Waals surface area contributed by atoms with Crippen LogP contribution < -0.4 is 5.73 Å². The highest BCUT2D eigenvalue weighted by atomic mass is 32.1. The summed E-state index contributed by atoms with van der Waals surface area (Å²) in [6.45, 7) is 4.26. The molecule has 0 amide bonds. The second-order valence-electron chi connectivity index (χ2n) is 5.77. The Bertz CT molecular complexity index is 976. The fourth-order valence-electron chi connectivity index (χ4n) is 2.80. The first-order valence-corrected chi connectivity index (χ1v) is 8.35. The molecule has 114 valence electrons. The molecule has 2 N–H and O–H groups in total. The average Bonchev–Trinajstić information content (AvgIpc) is 3.06. The molecule has 0 aliphatic rings. The van der Waals surface area contributed by atoms with Gasteiger partial charge in [-0.1, -0.05) is 42.0 Å². The highest BCUT2D eigenvalue weighted by molar-refractivity contribution is 7.17. The van der Waals surface area contributed by atoms with Gasteiger partial charge < -0.3 is 5.73 Å². The first-order valence-electron chi connectivity index (χ1n) is 7.53. The molecule has 2 aromatic carbocycles. The number of hydrogen-bond donors (Lipinski definition) is 1. The molecule has 4 rings (SSSR count). The maximum Gasteiger partial charge on any atom is 0.194 e. The molecule has 0 atom stereocenters. The summed E-state index contributed by atoms with van der Waals surface area (Å²) in [6, 6.07) is 16.5. The molecule has 0 spiro atoms. The van der Waals surface area contributed by atoms with Gasteiger partial charge in [0.2, 0.25) is 0 Å². The number of imidazole rings is 1. The highest BCUT2D eigenvalue weighted by Crippen LogP contribution is 2.33. The molecule has 2 heterocycles. The second-order valence-corrected chi connectivity index (χ2v) is 6.96. The molecule has 4 heteroatoms. The Balaban J connectivity index is 1.87. The van der Waals surface area contributed by atoms with Gasteiger partial charge in [-0.2, -0.15) is 0 Å². The molecule has 23 heavy (non-hydrogen) atoms. The summed E-state index contributed by atoms with van der Waals surface area (Å²) >= 11 is 1.72. The molecule has 0 aliphatic carbocycles. The van der Waals surface area contributed by atoms with Crippen LogP contribution in [0.3, 0.4) is 0 Å². The molecule has 0 saturated carbocycles. The molecule has 0 aliphatic heterocycles. The third-order valence-electron chi connectivity index (χ3n) is 4.02. The van der Waals surface area contributed by atoms with Crippen molar-refractivity contribution in [2.24, 2.45) is 0 Å². The Morgan fingerprint density at radius 1 is 0.913 bits per heavy atom. The summed E-state index contributed by atoms with van der Waals surface area (Å²) in [5.41, 5.74) is 12.3. The van der Waals surface area contributed by atoms with Crippen LogP contribution in [0.1, 0.15) is 10.4 Å². The number of rotatable bonds is 2. The van der Waals surface area contributed by atoms with Crippen molar-refractivity contribution in [2.75, 3.05) is 5.73 Å². The van der Waals surface area contributed by atoms with Gasteiger partial charge >= 0.3 is 0 Å². The van der Waals surface area contributed by atoms with E-state index >= 15 is 0 Å². The third-order valence-corrected chi connectivity index (χ3v) is 4.99. The Kier molecular flexibility index (Phi) is 3.20. The van der Waals surface area contributed by atoms with E-state index in [-0.39, 0.29) is 0 Å². The minimum absolute atomic E-state index is 0.769. The fraction of sp³-hybridized carbons (Fsp3) is 0.105. The molecular weight excluding hydrogens is 302 g/mol. The number of nitrogens with two attached hydrogens (primary N) is 1. The van der Waals surface area contributed by atoms with Crippen LogP contribution in [-0.4, -0.2) is 9.38 Å². The summed E-state index contributed by atoms with van der Waals surface area (Å²) in [6.07, 6.45) is 2.11. The predicted octanol–water partition coefficient (Wildman–Crippen LogP) is 4.93. The zero-order chi connectivity index (χ0) is 16.0. The van der Waals surface area contributed by atoms with Crippen molar-refractivity contribution >= 4 is 22.0 Å². The lowest BCUT2D eigenvalue weighted by Gasteiger charge is -2.03. The maximum absolute atomic E-state index is 5.77. The van der Waals surface area contributed by atoms with Crippen molar-refractivity contribution < 1.29 is 0 Å². The fourth-order valence-corrected chi connectivity index (χ4v) is 3.77. The highest BCUT2D eigenvalue weighted by Gasteiger charge is 2.14. The van der Waals surface area contributed by atoms with E-state index in [4.69, 9.17) is 10.7 Å². The summed E-state index contributed by atoms with van der Waals surface area (Å²) in [5.74, 6) is 0. The second kappa shape index (κ2) is 5.25. The van der Waals surface area contributed by atoms with Crippen molar-refractivity contribution in [3.8, 4) is 22.5 Å². The van der Waals surface area contributed by atoms with E-state index in [1.54, 1.807) is 11.3 Å². The van der Waals surface area contributed by atoms with E-state index in [0.717, 1.165) is 21.9 Å². The molecule has 4 aromatic rings. The van der Waals surface area contributed by atoms with Crippen molar-refractivity contribution in [3.63, 3.8) is 0 Å². The number of nitrogens with zero attached hydrogens (tertiary/aromatic N) is 2. The monoisotopic (exact) mass is 319 g/mol. The predicted molar refractivity (Wildman–Crippen MR) is 97.8 cm³/mol. The smallest absolute Gasteiger partial charge is 0.194 e. The van der Waals surface area contributed by atoms with Gasteiger partial charge in [-0.25, -0.2) is 4.98 Å². The molecule has 3 nitrogen and oxygen atoms in total. The first kappa shape index (κ1) is 14.0. The van der Waals surface area contributed by atoms with Crippen LogP contribution in [0.4, 0.5) is 5.69 Å². The Morgan fingerprint density at radius 3 is 2.26 bits per heavy atom. The molecular formula is C19H17N3S. The van der Waals surface area contributed by atoms with Crippen LogP contribution in [0, 0.1) is 13.8 Å². The van der Waals surface area contributed by atoms with Crippen molar-refractivity contribution in [2.45, 2.75) is 13.8 Å². The van der Waals surface area contributed by atoms with E-state index in [9.17, 15) is 0 Å². The van der Waals surface area contributed by atoms with E-state index < -0.39 is 0 Å². The van der Waals surface area contributed by atoms with Gasteiger partial charge in [-0.3, -0.25) is 4.40 Å². The van der Waals surface area contributed by atoms with Gasteiger partial charge in [0.05, 0.1) is 11.4 Å². The molecule has 0 bridgehead atoms. The summed E-state index contributed by atoms with van der Waals surface area (Å²) in [7, 11) is 0. The maximum atomic E-state index is 5.77. The van der Waals surface area contributed by atoms with Gasteiger partial charge in [-0.15, -0.1) is 11.3 Å². The van der Waals surface area contributed by atoms with Gasteiger partial charge in [0, 0.05) is 22.3 Å².